The van der Waals surface area contributed by atoms with E-state index in [2.05, 4.69) is 31.0 Å². The molecule has 0 bridgehead atoms. The van der Waals surface area contributed by atoms with E-state index in [0.717, 1.165) is 73.6 Å². The number of carbonyl (C=O) groups is 1. The number of thioether (sulfide) groups is 2. The number of piperidine rings is 1. The standard InChI is InChI=1S/C42H79N5O2S2/c1-4-7-10-13-14-15-16-17-18-19-20-28-37-50-41-44-40(43-32-35-47-33-25-21-26-34-47)45-42(46-41)51-38(29-22-11-8-5-2)30-23-24-31-39(48)49-36-27-12-9-6-3/h38H,4-37H2,1-3H3,(H,43,44,45,46). The van der Waals surface area contributed by atoms with Crippen LogP contribution in [0.3, 0.4) is 0 Å². The first-order chi connectivity index (χ1) is 25.1. The molecule has 1 aliphatic heterocycles. The zero-order chi connectivity index (χ0) is 36.5. The predicted molar refractivity (Wildman–Crippen MR) is 222 cm³/mol. The minimum atomic E-state index is -0.0359. The van der Waals surface area contributed by atoms with Crippen molar-refractivity contribution in [3.05, 3.63) is 0 Å². The number of hydrogen-bond donors (Lipinski definition) is 1. The predicted octanol–water partition coefficient (Wildman–Crippen LogP) is 12.7. The maximum Gasteiger partial charge on any atom is 0.305 e. The van der Waals surface area contributed by atoms with Crippen molar-refractivity contribution >= 4 is 35.4 Å². The van der Waals surface area contributed by atoms with Crippen molar-refractivity contribution in [3.8, 4) is 0 Å². The molecule has 1 saturated heterocycles. The first-order valence-electron chi connectivity index (χ1n) is 21.8. The van der Waals surface area contributed by atoms with Gasteiger partial charge in [-0.25, -0.2) is 0 Å². The zero-order valence-electron chi connectivity index (χ0n) is 33.5. The van der Waals surface area contributed by atoms with Gasteiger partial charge in [-0.2, -0.15) is 15.0 Å². The largest absolute Gasteiger partial charge is 0.466 e. The number of likely N-dealkylation sites (tertiary alicyclic amines) is 1. The summed E-state index contributed by atoms with van der Waals surface area (Å²) in [6.07, 6.45) is 34.7. The molecule has 1 aromatic rings. The van der Waals surface area contributed by atoms with Crippen LogP contribution in [0.25, 0.3) is 0 Å². The second kappa shape index (κ2) is 33.5. The highest BCUT2D eigenvalue weighted by Gasteiger charge is 2.17. The maximum absolute atomic E-state index is 12.3. The van der Waals surface area contributed by atoms with Crippen molar-refractivity contribution in [2.75, 3.05) is 43.9 Å². The fourth-order valence-electron chi connectivity index (χ4n) is 6.79. The topological polar surface area (TPSA) is 80.2 Å². The summed E-state index contributed by atoms with van der Waals surface area (Å²) in [6.45, 7) is 11.7. The lowest BCUT2D eigenvalue weighted by Crippen LogP contribution is -2.33. The van der Waals surface area contributed by atoms with Crippen molar-refractivity contribution in [1.82, 2.24) is 19.9 Å². The lowest BCUT2D eigenvalue weighted by atomic mass is 10.1. The summed E-state index contributed by atoms with van der Waals surface area (Å²) < 4.78 is 5.48. The third kappa shape index (κ3) is 26.4. The molecule has 2 heterocycles. The average molecular weight is 750 g/mol. The Morgan fingerprint density at radius 2 is 1.22 bits per heavy atom. The quantitative estimate of drug-likeness (QED) is 0.0414. The van der Waals surface area contributed by atoms with Gasteiger partial charge in [-0.3, -0.25) is 4.79 Å². The molecule has 1 unspecified atom stereocenters. The van der Waals surface area contributed by atoms with Gasteiger partial charge in [-0.1, -0.05) is 173 Å². The highest BCUT2D eigenvalue weighted by atomic mass is 32.2. The number of aromatic nitrogens is 3. The van der Waals surface area contributed by atoms with Crippen LogP contribution >= 0.6 is 23.5 Å². The molecule has 1 aromatic heterocycles. The SMILES string of the molecule is CCCCCCCCCCCCCCSc1nc(NCCN2CCCCC2)nc(SC(CCCCCC)CCCCC(=O)OCCCCCC)n1. The van der Waals surface area contributed by atoms with Gasteiger partial charge >= 0.3 is 5.97 Å². The molecule has 1 N–H and O–H groups in total. The average Bonchev–Trinajstić information content (AvgIpc) is 3.14. The number of nitrogens with one attached hydrogen (secondary N) is 1. The Kier molecular flexibility index (Phi) is 30.3. The molecule has 1 fully saturated rings. The molecule has 0 radical (unpaired) electrons. The number of hydrogen-bond acceptors (Lipinski definition) is 9. The summed E-state index contributed by atoms with van der Waals surface area (Å²) in [5, 5.41) is 5.73. The molecule has 7 nitrogen and oxygen atoms in total. The van der Waals surface area contributed by atoms with E-state index in [1.807, 2.05) is 11.8 Å². The number of carbonyl (C=O) groups excluding carboxylic acids is 1. The molecular weight excluding hydrogens is 671 g/mol. The molecule has 0 saturated carbocycles. The van der Waals surface area contributed by atoms with Crippen LogP contribution in [0.1, 0.15) is 201 Å². The highest BCUT2D eigenvalue weighted by Crippen LogP contribution is 2.30. The van der Waals surface area contributed by atoms with Crippen molar-refractivity contribution in [2.45, 2.75) is 216 Å². The van der Waals surface area contributed by atoms with Crippen LogP contribution in [0.2, 0.25) is 0 Å². The summed E-state index contributed by atoms with van der Waals surface area (Å²) in [5.74, 6) is 1.76. The third-order valence-corrected chi connectivity index (χ3v) is 12.2. The summed E-state index contributed by atoms with van der Waals surface area (Å²) in [6, 6.07) is 0. The molecule has 0 aromatic carbocycles. The second-order valence-electron chi connectivity index (χ2n) is 14.9. The monoisotopic (exact) mass is 750 g/mol. The van der Waals surface area contributed by atoms with E-state index in [1.165, 1.54) is 148 Å². The van der Waals surface area contributed by atoms with Crippen molar-refractivity contribution < 1.29 is 9.53 Å². The van der Waals surface area contributed by atoms with Gasteiger partial charge < -0.3 is 15.0 Å². The minimum Gasteiger partial charge on any atom is -0.466 e. The molecule has 1 aliphatic rings. The number of esters is 1. The van der Waals surface area contributed by atoms with Crippen molar-refractivity contribution in [1.29, 1.82) is 0 Å². The highest BCUT2D eigenvalue weighted by molar-refractivity contribution is 8.00. The number of unbranched alkanes of at least 4 members (excludes halogenated alkanes) is 18. The normalized spacial score (nSPS) is 14.2. The minimum absolute atomic E-state index is 0.0359. The van der Waals surface area contributed by atoms with Crippen LogP contribution < -0.4 is 5.32 Å². The molecule has 296 valence electrons. The number of nitrogens with zero attached hydrogens (tertiary/aromatic N) is 4. The second-order valence-corrected chi connectivity index (χ2v) is 17.2. The van der Waals surface area contributed by atoms with Crippen LogP contribution in [0, 0.1) is 0 Å². The van der Waals surface area contributed by atoms with Gasteiger partial charge in [0.15, 0.2) is 10.3 Å². The van der Waals surface area contributed by atoms with E-state index in [0.29, 0.717) is 18.3 Å². The molecule has 51 heavy (non-hydrogen) atoms. The van der Waals surface area contributed by atoms with Gasteiger partial charge in [0.2, 0.25) is 5.95 Å². The van der Waals surface area contributed by atoms with Gasteiger partial charge in [0.1, 0.15) is 0 Å². The Morgan fingerprint density at radius 3 is 1.86 bits per heavy atom. The lowest BCUT2D eigenvalue weighted by molar-refractivity contribution is -0.143. The van der Waals surface area contributed by atoms with E-state index < -0.39 is 0 Å². The van der Waals surface area contributed by atoms with Crippen LogP contribution in [0.15, 0.2) is 10.3 Å². The van der Waals surface area contributed by atoms with E-state index in [1.54, 1.807) is 11.8 Å². The van der Waals surface area contributed by atoms with Crippen LogP contribution in [-0.2, 0) is 9.53 Å². The summed E-state index contributed by atoms with van der Waals surface area (Å²) in [5.41, 5.74) is 0. The number of ether oxygens (including phenoxy) is 1. The third-order valence-electron chi connectivity index (χ3n) is 10.1. The van der Waals surface area contributed by atoms with Crippen LogP contribution in [0.5, 0.6) is 0 Å². The van der Waals surface area contributed by atoms with Crippen LogP contribution in [-0.4, -0.2) is 69.6 Å². The number of anilines is 1. The zero-order valence-corrected chi connectivity index (χ0v) is 35.2. The van der Waals surface area contributed by atoms with Gasteiger partial charge in [0.05, 0.1) is 6.61 Å². The molecule has 0 spiro atoms. The lowest BCUT2D eigenvalue weighted by Gasteiger charge is -2.26. The van der Waals surface area contributed by atoms with Gasteiger partial charge in [0, 0.05) is 30.5 Å². The first-order valence-corrected chi connectivity index (χ1v) is 23.7. The van der Waals surface area contributed by atoms with Gasteiger partial charge in [0.25, 0.3) is 0 Å². The molecule has 0 aliphatic carbocycles. The van der Waals surface area contributed by atoms with Gasteiger partial charge in [-0.05, 0) is 58.0 Å². The Morgan fingerprint density at radius 1 is 0.667 bits per heavy atom. The van der Waals surface area contributed by atoms with Gasteiger partial charge in [-0.15, -0.1) is 0 Å². The fourth-order valence-corrected chi connectivity index (χ4v) is 8.82. The smallest absolute Gasteiger partial charge is 0.305 e. The summed E-state index contributed by atoms with van der Waals surface area (Å²) >= 11 is 3.64. The van der Waals surface area contributed by atoms with Crippen molar-refractivity contribution in [2.24, 2.45) is 0 Å². The van der Waals surface area contributed by atoms with E-state index in [-0.39, 0.29) is 5.97 Å². The summed E-state index contributed by atoms with van der Waals surface area (Å²) in [4.78, 5) is 29.7. The van der Waals surface area contributed by atoms with E-state index in [4.69, 9.17) is 19.7 Å². The number of rotatable bonds is 35. The summed E-state index contributed by atoms with van der Waals surface area (Å²) in [7, 11) is 0. The fraction of sp³-hybridized carbons (Fsp3) is 0.905. The maximum atomic E-state index is 12.3. The van der Waals surface area contributed by atoms with Crippen molar-refractivity contribution in [3.63, 3.8) is 0 Å². The molecular formula is C42H79N5O2S2. The van der Waals surface area contributed by atoms with Crippen LogP contribution in [0.4, 0.5) is 5.95 Å². The first kappa shape index (κ1) is 46.1. The molecule has 9 heteroatoms. The Balaban J connectivity index is 1.87. The molecule has 2 rings (SSSR count). The molecule has 0 amide bonds. The van der Waals surface area contributed by atoms with E-state index in [9.17, 15) is 4.79 Å². The Bertz CT molecular complexity index is 950. The van der Waals surface area contributed by atoms with E-state index >= 15 is 0 Å². The Hall–Kier alpha value is -1.06. The Labute approximate surface area is 323 Å². The molecule has 1 atom stereocenters.